The van der Waals surface area contributed by atoms with Crippen LogP contribution in [0.2, 0.25) is 0 Å². The van der Waals surface area contributed by atoms with Crippen LogP contribution in [0.5, 0.6) is 0 Å². The number of aromatic nitrogens is 4. The van der Waals surface area contributed by atoms with Crippen molar-refractivity contribution in [3.8, 4) is 0 Å². The molecule has 8 heteroatoms. The van der Waals surface area contributed by atoms with Gasteiger partial charge >= 0.3 is 0 Å². The molecular formula is C11H17N5O2S. The maximum Gasteiger partial charge on any atom is 0.278 e. The molecule has 104 valence electrons. The van der Waals surface area contributed by atoms with E-state index in [4.69, 9.17) is 10.5 Å². The largest absolute Gasteiger partial charge is 0.381 e. The molecule has 0 bridgehead atoms. The van der Waals surface area contributed by atoms with Gasteiger partial charge in [0.1, 0.15) is 0 Å². The number of nitrogens with zero attached hydrogens (tertiary/aromatic N) is 2. The fourth-order valence-corrected chi connectivity index (χ4v) is 3.13. The van der Waals surface area contributed by atoms with Gasteiger partial charge in [-0.2, -0.15) is 4.98 Å². The number of imidazole rings is 1. The van der Waals surface area contributed by atoms with E-state index in [9.17, 15) is 4.79 Å². The molecule has 0 radical (unpaired) electrons. The van der Waals surface area contributed by atoms with Crippen LogP contribution in [0.3, 0.4) is 0 Å². The van der Waals surface area contributed by atoms with Gasteiger partial charge in [-0.25, -0.2) is 4.98 Å². The van der Waals surface area contributed by atoms with Crippen molar-refractivity contribution in [2.45, 2.75) is 18.0 Å². The third-order valence-electron chi connectivity index (χ3n) is 3.15. The minimum Gasteiger partial charge on any atom is -0.381 e. The van der Waals surface area contributed by atoms with Gasteiger partial charge in [0.15, 0.2) is 16.3 Å². The molecule has 1 fully saturated rings. The van der Waals surface area contributed by atoms with Gasteiger partial charge in [-0.05, 0) is 18.8 Å². The first kappa shape index (κ1) is 12.5. The Hall–Kier alpha value is -1.54. The van der Waals surface area contributed by atoms with Crippen LogP contribution in [-0.2, 0) is 4.74 Å². The van der Waals surface area contributed by atoms with Gasteiger partial charge < -0.3 is 15.5 Å². The Labute approximate surface area is 114 Å². The van der Waals surface area contributed by atoms with Crippen LogP contribution >= 0.6 is 11.8 Å². The number of anilines is 1. The topological polar surface area (TPSA) is 110 Å². The monoisotopic (exact) mass is 283 g/mol. The zero-order valence-electron chi connectivity index (χ0n) is 10.3. The molecule has 2 aromatic heterocycles. The SMILES string of the molecule is Nc1nc2nc(SCC3CCOCC3)[nH]c2c(=O)[nH]1.[HH]. The Kier molecular flexibility index (Phi) is 3.43. The van der Waals surface area contributed by atoms with Gasteiger partial charge in [0, 0.05) is 20.4 Å². The zero-order chi connectivity index (χ0) is 13.2. The molecule has 4 N–H and O–H groups in total. The Balaban J connectivity index is 0.00000147. The molecule has 3 heterocycles. The summed E-state index contributed by atoms with van der Waals surface area (Å²) in [7, 11) is 0. The molecule has 2 aromatic rings. The summed E-state index contributed by atoms with van der Waals surface area (Å²) in [5.41, 5.74) is 5.95. The second kappa shape index (κ2) is 5.22. The lowest BCUT2D eigenvalue weighted by molar-refractivity contribution is 0.0728. The fraction of sp³-hybridized carbons (Fsp3) is 0.545. The number of ether oxygens (including phenoxy) is 1. The highest BCUT2D eigenvalue weighted by atomic mass is 32.2. The van der Waals surface area contributed by atoms with Crippen LogP contribution in [-0.4, -0.2) is 38.9 Å². The third kappa shape index (κ3) is 2.74. The van der Waals surface area contributed by atoms with Crippen LogP contribution in [0.4, 0.5) is 5.95 Å². The van der Waals surface area contributed by atoms with E-state index in [1.54, 1.807) is 11.8 Å². The minimum atomic E-state index is -0.284. The lowest BCUT2D eigenvalue weighted by Crippen LogP contribution is -2.17. The van der Waals surface area contributed by atoms with Crippen LogP contribution in [0.15, 0.2) is 9.95 Å². The van der Waals surface area contributed by atoms with Crippen LogP contribution in [0, 0.1) is 5.92 Å². The molecule has 0 atom stereocenters. The first-order chi connectivity index (χ1) is 9.22. The highest BCUT2D eigenvalue weighted by Gasteiger charge is 2.15. The van der Waals surface area contributed by atoms with E-state index in [0.717, 1.165) is 31.8 Å². The summed E-state index contributed by atoms with van der Waals surface area (Å²) >= 11 is 1.61. The minimum absolute atomic E-state index is 0. The number of fused-ring (bicyclic) bond motifs is 1. The summed E-state index contributed by atoms with van der Waals surface area (Å²) < 4.78 is 5.33. The van der Waals surface area contributed by atoms with E-state index < -0.39 is 0 Å². The number of nitrogens with two attached hydrogens (primary N) is 1. The average Bonchev–Trinajstić information content (AvgIpc) is 2.81. The van der Waals surface area contributed by atoms with Gasteiger partial charge in [-0.15, -0.1) is 0 Å². The summed E-state index contributed by atoms with van der Waals surface area (Å²) in [4.78, 5) is 25.4. The molecular weight excluding hydrogens is 266 g/mol. The van der Waals surface area contributed by atoms with Gasteiger partial charge in [0.2, 0.25) is 5.95 Å². The molecule has 1 aliphatic rings. The van der Waals surface area contributed by atoms with Crippen molar-refractivity contribution in [2.24, 2.45) is 5.92 Å². The van der Waals surface area contributed by atoms with Crippen molar-refractivity contribution < 1.29 is 6.16 Å². The van der Waals surface area contributed by atoms with Gasteiger partial charge in [0.05, 0.1) is 0 Å². The first-order valence-electron chi connectivity index (χ1n) is 6.18. The third-order valence-corrected chi connectivity index (χ3v) is 4.26. The molecule has 0 saturated carbocycles. The predicted octanol–water partition coefficient (Wildman–Crippen LogP) is 0.993. The van der Waals surface area contributed by atoms with Crippen molar-refractivity contribution in [1.82, 2.24) is 19.9 Å². The van der Waals surface area contributed by atoms with Crippen LogP contribution in [0.1, 0.15) is 14.3 Å². The zero-order valence-corrected chi connectivity index (χ0v) is 11.1. The van der Waals surface area contributed by atoms with Crippen molar-refractivity contribution in [2.75, 3.05) is 24.7 Å². The molecule has 0 aliphatic carbocycles. The number of H-pyrrole nitrogens is 2. The van der Waals surface area contributed by atoms with E-state index in [-0.39, 0.29) is 12.9 Å². The highest BCUT2D eigenvalue weighted by Crippen LogP contribution is 2.24. The van der Waals surface area contributed by atoms with Gasteiger partial charge in [-0.3, -0.25) is 9.78 Å². The number of nitrogen functional groups attached to an aromatic ring is 1. The second-order valence-corrected chi connectivity index (χ2v) is 5.57. The van der Waals surface area contributed by atoms with E-state index in [1.807, 2.05) is 0 Å². The Morgan fingerprint density at radius 1 is 1.37 bits per heavy atom. The Morgan fingerprint density at radius 3 is 2.95 bits per heavy atom. The molecule has 7 nitrogen and oxygen atoms in total. The first-order valence-corrected chi connectivity index (χ1v) is 7.17. The van der Waals surface area contributed by atoms with E-state index in [1.165, 1.54) is 0 Å². The Bertz CT molecular complexity index is 637. The molecule has 1 aliphatic heterocycles. The molecule has 0 spiro atoms. The maximum absolute atomic E-state index is 11.6. The standard InChI is InChI=1S/C11H15N5O2S.H2/c12-10-14-8-7(9(17)16-10)13-11(15-8)19-5-6-1-3-18-4-2-6;/h6H,1-5H2,(H4,12,13,14,15,16,17);1H. The number of thioether (sulfide) groups is 1. The lowest BCUT2D eigenvalue weighted by atomic mass is 10.0. The number of nitrogens with one attached hydrogen (secondary N) is 2. The normalized spacial score (nSPS) is 17.1. The molecule has 0 unspecified atom stereocenters. The van der Waals surface area contributed by atoms with Crippen molar-refractivity contribution in [3.05, 3.63) is 10.4 Å². The van der Waals surface area contributed by atoms with Crippen molar-refractivity contribution in [3.63, 3.8) is 0 Å². The van der Waals surface area contributed by atoms with E-state index >= 15 is 0 Å². The molecule has 1 saturated heterocycles. The predicted molar refractivity (Wildman–Crippen MR) is 75.3 cm³/mol. The average molecular weight is 283 g/mol. The van der Waals surface area contributed by atoms with E-state index in [0.29, 0.717) is 22.2 Å². The number of rotatable bonds is 3. The molecule has 0 amide bonds. The Morgan fingerprint density at radius 2 is 2.16 bits per heavy atom. The fourth-order valence-electron chi connectivity index (χ4n) is 2.08. The van der Waals surface area contributed by atoms with Crippen LogP contribution in [0.25, 0.3) is 11.2 Å². The summed E-state index contributed by atoms with van der Waals surface area (Å²) in [6, 6.07) is 0. The number of hydrogen-bond donors (Lipinski definition) is 3. The summed E-state index contributed by atoms with van der Waals surface area (Å²) in [6.45, 7) is 1.67. The molecule has 19 heavy (non-hydrogen) atoms. The molecule has 0 aromatic carbocycles. The summed E-state index contributed by atoms with van der Waals surface area (Å²) in [5.74, 6) is 1.70. The van der Waals surface area contributed by atoms with Gasteiger partial charge in [0.25, 0.3) is 5.56 Å². The highest BCUT2D eigenvalue weighted by molar-refractivity contribution is 7.99. The number of aromatic amines is 2. The van der Waals surface area contributed by atoms with Crippen molar-refractivity contribution >= 4 is 28.9 Å². The second-order valence-electron chi connectivity index (χ2n) is 4.56. The lowest BCUT2D eigenvalue weighted by Gasteiger charge is -2.20. The summed E-state index contributed by atoms with van der Waals surface area (Å²) in [5, 5.41) is 0.713. The van der Waals surface area contributed by atoms with E-state index in [2.05, 4.69) is 19.9 Å². The van der Waals surface area contributed by atoms with Crippen molar-refractivity contribution in [1.29, 1.82) is 0 Å². The smallest absolute Gasteiger partial charge is 0.278 e. The maximum atomic E-state index is 11.6. The van der Waals surface area contributed by atoms with Gasteiger partial charge in [-0.1, -0.05) is 11.8 Å². The quantitative estimate of drug-likeness (QED) is 0.725. The van der Waals surface area contributed by atoms with Crippen LogP contribution < -0.4 is 11.3 Å². The summed E-state index contributed by atoms with van der Waals surface area (Å²) in [6.07, 6.45) is 2.16. The number of hydrogen-bond acceptors (Lipinski definition) is 6. The molecule has 3 rings (SSSR count).